The lowest BCUT2D eigenvalue weighted by Crippen LogP contribution is -2.47. The van der Waals surface area contributed by atoms with E-state index in [0.29, 0.717) is 16.3 Å². The summed E-state index contributed by atoms with van der Waals surface area (Å²) in [5.41, 5.74) is 1.19. The molecule has 1 aliphatic rings. The van der Waals surface area contributed by atoms with E-state index in [9.17, 15) is 24.5 Å². The summed E-state index contributed by atoms with van der Waals surface area (Å²) in [6.45, 7) is 1.51. The van der Waals surface area contributed by atoms with E-state index in [4.69, 9.17) is 4.74 Å². The van der Waals surface area contributed by atoms with Crippen molar-refractivity contribution in [2.24, 2.45) is 0 Å². The number of methoxy groups -OCH3 is 1. The van der Waals surface area contributed by atoms with Crippen LogP contribution in [0, 0.1) is 10.1 Å². The Kier molecular flexibility index (Phi) is 4.70. The first-order valence-corrected chi connectivity index (χ1v) is 8.13. The second-order valence-electron chi connectivity index (χ2n) is 6.17. The minimum absolute atomic E-state index is 0.0567. The maximum absolute atomic E-state index is 12.8. The predicted octanol–water partition coefficient (Wildman–Crippen LogP) is 1.72. The Hall–Kier alpha value is -3.95. The van der Waals surface area contributed by atoms with Crippen molar-refractivity contribution < 1.29 is 24.0 Å². The van der Waals surface area contributed by atoms with Crippen molar-refractivity contribution in [3.8, 4) is 5.75 Å². The van der Waals surface area contributed by atoms with Crippen LogP contribution in [0.5, 0.6) is 5.75 Å². The topological polar surface area (TPSA) is 131 Å². The number of rotatable bonds is 5. The molecule has 2 aromatic carbocycles. The standard InChI is InChI=1S/C18H16N4O6/c1-18(12-4-3-5-14(10-12)28-2)16(24)21(17(25)19-18)20-15(23)11-6-8-13(9-7-11)22(26)27/h3-10H,1-2H3,(H,19,25)(H,20,23)/t18-/m0/s1. The quantitative estimate of drug-likeness (QED) is 0.458. The van der Waals surface area contributed by atoms with Gasteiger partial charge in [-0.05, 0) is 36.8 Å². The molecule has 0 aromatic heterocycles. The number of nitro benzene ring substituents is 1. The van der Waals surface area contributed by atoms with Gasteiger partial charge in [-0.25, -0.2) is 4.79 Å². The first-order chi connectivity index (χ1) is 13.3. The number of hydrogen-bond acceptors (Lipinski definition) is 6. The van der Waals surface area contributed by atoms with Crippen LogP contribution < -0.4 is 15.5 Å². The van der Waals surface area contributed by atoms with Crippen molar-refractivity contribution in [2.45, 2.75) is 12.5 Å². The average Bonchev–Trinajstić information content (AvgIpc) is 2.92. The number of carbonyl (C=O) groups excluding carboxylic acids is 3. The van der Waals surface area contributed by atoms with E-state index in [1.807, 2.05) is 0 Å². The number of non-ortho nitro benzene ring substituents is 1. The van der Waals surface area contributed by atoms with Gasteiger partial charge in [-0.15, -0.1) is 0 Å². The Labute approximate surface area is 159 Å². The van der Waals surface area contributed by atoms with Crippen LogP contribution in [0.25, 0.3) is 0 Å². The van der Waals surface area contributed by atoms with Crippen LogP contribution in [0.2, 0.25) is 0 Å². The van der Waals surface area contributed by atoms with Gasteiger partial charge < -0.3 is 10.1 Å². The van der Waals surface area contributed by atoms with Crippen LogP contribution in [-0.4, -0.2) is 34.9 Å². The SMILES string of the molecule is COc1cccc([C@]2(C)NC(=O)N(NC(=O)c3ccc([N+](=O)[O-])cc3)C2=O)c1. The van der Waals surface area contributed by atoms with Gasteiger partial charge >= 0.3 is 6.03 Å². The number of nitrogens with zero attached hydrogens (tertiary/aromatic N) is 2. The number of hydrazine groups is 1. The predicted molar refractivity (Wildman–Crippen MR) is 96.3 cm³/mol. The minimum Gasteiger partial charge on any atom is -0.497 e. The second kappa shape index (κ2) is 6.99. The van der Waals surface area contributed by atoms with E-state index >= 15 is 0 Å². The molecule has 144 valence electrons. The summed E-state index contributed by atoms with van der Waals surface area (Å²) in [5.74, 6) is -0.927. The van der Waals surface area contributed by atoms with Crippen LogP contribution in [0.1, 0.15) is 22.8 Å². The van der Waals surface area contributed by atoms with Crippen LogP contribution >= 0.6 is 0 Å². The molecule has 0 bridgehead atoms. The van der Waals surface area contributed by atoms with Gasteiger partial charge in [0, 0.05) is 17.7 Å². The molecule has 1 aliphatic heterocycles. The number of nitro groups is 1. The lowest BCUT2D eigenvalue weighted by molar-refractivity contribution is -0.384. The molecule has 4 amide bonds. The fourth-order valence-corrected chi connectivity index (χ4v) is 2.77. The highest BCUT2D eigenvalue weighted by molar-refractivity contribution is 6.09. The maximum atomic E-state index is 12.8. The fraction of sp³-hybridized carbons (Fsp3) is 0.167. The largest absolute Gasteiger partial charge is 0.497 e. The molecule has 0 spiro atoms. The molecule has 10 nitrogen and oxygen atoms in total. The molecule has 0 saturated carbocycles. The summed E-state index contributed by atoms with van der Waals surface area (Å²) in [6.07, 6.45) is 0. The van der Waals surface area contributed by atoms with Crippen molar-refractivity contribution in [3.05, 3.63) is 69.8 Å². The van der Waals surface area contributed by atoms with Gasteiger partial charge in [0.1, 0.15) is 11.3 Å². The highest BCUT2D eigenvalue weighted by Gasteiger charge is 2.50. The zero-order chi connectivity index (χ0) is 20.5. The van der Waals surface area contributed by atoms with Gasteiger partial charge in [-0.2, -0.15) is 5.01 Å². The smallest absolute Gasteiger partial charge is 0.344 e. The van der Waals surface area contributed by atoms with Crippen molar-refractivity contribution in [3.63, 3.8) is 0 Å². The molecular formula is C18H16N4O6. The van der Waals surface area contributed by atoms with Crippen molar-refractivity contribution in [1.82, 2.24) is 15.8 Å². The first-order valence-electron chi connectivity index (χ1n) is 8.13. The Balaban J connectivity index is 1.81. The Morgan fingerprint density at radius 3 is 2.50 bits per heavy atom. The van der Waals surface area contributed by atoms with Crippen molar-refractivity contribution in [1.29, 1.82) is 0 Å². The third kappa shape index (κ3) is 3.22. The van der Waals surface area contributed by atoms with Crippen molar-refractivity contribution >= 4 is 23.5 Å². The molecule has 28 heavy (non-hydrogen) atoms. The number of benzene rings is 2. The molecule has 1 heterocycles. The zero-order valence-electron chi connectivity index (χ0n) is 15.0. The molecule has 10 heteroatoms. The van der Waals surface area contributed by atoms with E-state index < -0.39 is 28.3 Å². The van der Waals surface area contributed by atoms with E-state index in [2.05, 4.69) is 10.7 Å². The highest BCUT2D eigenvalue weighted by atomic mass is 16.6. The summed E-state index contributed by atoms with van der Waals surface area (Å²) in [7, 11) is 1.48. The molecule has 1 fully saturated rings. The maximum Gasteiger partial charge on any atom is 0.344 e. The lowest BCUT2D eigenvalue weighted by atomic mass is 9.92. The summed E-state index contributed by atoms with van der Waals surface area (Å²) in [4.78, 5) is 47.6. The molecule has 2 aromatic rings. The number of hydrogen-bond donors (Lipinski definition) is 2. The average molecular weight is 384 g/mol. The van der Waals surface area contributed by atoms with Gasteiger partial charge in [0.2, 0.25) is 0 Å². The third-order valence-electron chi connectivity index (χ3n) is 4.39. The summed E-state index contributed by atoms with van der Waals surface area (Å²) in [5, 5.41) is 13.8. The number of imide groups is 1. The van der Waals surface area contributed by atoms with E-state index in [1.54, 1.807) is 24.3 Å². The van der Waals surface area contributed by atoms with Gasteiger partial charge in [-0.3, -0.25) is 25.1 Å². The van der Waals surface area contributed by atoms with Gasteiger partial charge in [0.05, 0.1) is 12.0 Å². The van der Waals surface area contributed by atoms with Crippen LogP contribution in [0.15, 0.2) is 48.5 Å². The van der Waals surface area contributed by atoms with Crippen molar-refractivity contribution in [2.75, 3.05) is 7.11 Å². The number of urea groups is 1. The Bertz CT molecular complexity index is 974. The molecule has 0 unspecified atom stereocenters. The zero-order valence-corrected chi connectivity index (χ0v) is 15.0. The van der Waals surface area contributed by atoms with Gasteiger partial charge in [-0.1, -0.05) is 12.1 Å². The molecule has 1 atom stereocenters. The molecule has 0 radical (unpaired) electrons. The van der Waals surface area contributed by atoms with Crippen LogP contribution in [0.3, 0.4) is 0 Å². The minimum atomic E-state index is -1.39. The fourth-order valence-electron chi connectivity index (χ4n) is 2.77. The first kappa shape index (κ1) is 18.8. The van der Waals surface area contributed by atoms with Crippen LogP contribution in [-0.2, 0) is 10.3 Å². The summed E-state index contributed by atoms with van der Waals surface area (Å²) < 4.78 is 5.14. The molecule has 1 saturated heterocycles. The van der Waals surface area contributed by atoms with E-state index in [0.717, 1.165) is 12.1 Å². The van der Waals surface area contributed by atoms with E-state index in [-0.39, 0.29) is 11.3 Å². The summed E-state index contributed by atoms with van der Waals surface area (Å²) in [6, 6.07) is 10.6. The molecule has 3 rings (SSSR count). The van der Waals surface area contributed by atoms with E-state index in [1.165, 1.54) is 26.2 Å². The second-order valence-corrected chi connectivity index (χ2v) is 6.17. The number of carbonyl (C=O) groups is 3. The van der Waals surface area contributed by atoms with Crippen LogP contribution in [0.4, 0.5) is 10.5 Å². The Morgan fingerprint density at radius 2 is 1.89 bits per heavy atom. The highest BCUT2D eigenvalue weighted by Crippen LogP contribution is 2.30. The molecular weight excluding hydrogens is 368 g/mol. The monoisotopic (exact) mass is 384 g/mol. The molecule has 0 aliphatic carbocycles. The number of amides is 4. The number of ether oxygens (including phenoxy) is 1. The third-order valence-corrected chi connectivity index (χ3v) is 4.39. The van der Waals surface area contributed by atoms with Gasteiger partial charge in [0.25, 0.3) is 17.5 Å². The Morgan fingerprint density at radius 1 is 1.21 bits per heavy atom. The lowest BCUT2D eigenvalue weighted by Gasteiger charge is -2.22. The normalized spacial score (nSPS) is 18.6. The molecule has 2 N–H and O–H groups in total. The van der Waals surface area contributed by atoms with Gasteiger partial charge in [0.15, 0.2) is 0 Å². The summed E-state index contributed by atoms with van der Waals surface area (Å²) >= 11 is 0. The number of nitrogens with one attached hydrogen (secondary N) is 2.